The number of quaternary nitrogens is 1. The molecule has 4 N–H and O–H groups in total. The van der Waals surface area contributed by atoms with Crippen molar-refractivity contribution >= 4 is 78.4 Å². The van der Waals surface area contributed by atoms with Gasteiger partial charge in [-0.25, -0.2) is 4.79 Å². The van der Waals surface area contributed by atoms with Gasteiger partial charge in [0.05, 0.1) is 33.7 Å². The molecule has 4 rings (SSSR count). The first-order valence-electron chi connectivity index (χ1n) is 12.6. The molecule has 3 atom stereocenters. The molecule has 0 amide bonds. The minimum absolute atomic E-state index is 0.153. The smallest absolute Gasteiger partial charge is 0.326 e. The number of nitrogens with zero attached hydrogens (tertiary/aromatic N) is 2. The maximum Gasteiger partial charge on any atom is 0.326 e. The largest absolute Gasteiger partial charge is 0.480 e. The molecule has 16 heteroatoms. The number of carboxylic acids is 1. The monoisotopic (exact) mass is 664 g/mol. The van der Waals surface area contributed by atoms with E-state index in [1.807, 2.05) is 41.3 Å². The van der Waals surface area contributed by atoms with Gasteiger partial charge >= 0.3 is 5.97 Å². The van der Waals surface area contributed by atoms with E-state index in [0.717, 1.165) is 31.1 Å². The van der Waals surface area contributed by atoms with Crippen LogP contribution in [-0.4, -0.2) is 80.1 Å². The van der Waals surface area contributed by atoms with Crippen LogP contribution in [0.1, 0.15) is 19.8 Å². The Hall–Kier alpha value is -1.98. The number of aliphatic carboxylic acids is 1. The lowest BCUT2D eigenvalue weighted by molar-refractivity contribution is -0.835. The van der Waals surface area contributed by atoms with Crippen LogP contribution in [0.25, 0.3) is 0 Å². The first-order valence-corrected chi connectivity index (χ1v) is 17.9. The van der Waals surface area contributed by atoms with E-state index in [9.17, 15) is 35.8 Å². The molecule has 2 aliphatic rings. The minimum atomic E-state index is -4.16. The van der Waals surface area contributed by atoms with Crippen LogP contribution in [0.3, 0.4) is 0 Å². The lowest BCUT2D eigenvalue weighted by Gasteiger charge is -2.26. The van der Waals surface area contributed by atoms with Crippen LogP contribution in [0.2, 0.25) is 5.02 Å². The van der Waals surface area contributed by atoms with Gasteiger partial charge in [-0.1, -0.05) is 35.1 Å². The second kappa shape index (κ2) is 12.7. The van der Waals surface area contributed by atoms with Gasteiger partial charge in [-0.05, 0) is 43.7 Å². The molecular formula is C25H31ClN3O8S4+. The van der Waals surface area contributed by atoms with Gasteiger partial charge in [-0.2, -0.15) is 16.8 Å². The lowest BCUT2D eigenvalue weighted by atomic mass is 10.2. The van der Waals surface area contributed by atoms with Gasteiger partial charge in [-0.15, -0.1) is 0 Å². The topological polar surface area (TPSA) is 157 Å². The molecule has 41 heavy (non-hydrogen) atoms. The van der Waals surface area contributed by atoms with E-state index in [0.29, 0.717) is 17.3 Å². The van der Waals surface area contributed by atoms with Crippen LogP contribution in [-0.2, 0) is 25.0 Å². The molecule has 2 aromatic carbocycles. The minimum Gasteiger partial charge on any atom is -0.480 e. The van der Waals surface area contributed by atoms with E-state index < -0.39 is 38.0 Å². The Bertz CT molecular complexity index is 1570. The van der Waals surface area contributed by atoms with Crippen LogP contribution in [0.15, 0.2) is 57.3 Å². The zero-order chi connectivity index (χ0) is 30.1. The highest BCUT2D eigenvalue weighted by Crippen LogP contribution is 2.48. The van der Waals surface area contributed by atoms with Crippen molar-refractivity contribution in [1.29, 1.82) is 0 Å². The number of halogens is 1. The highest BCUT2D eigenvalue weighted by molar-refractivity contribution is 8.04. The molecule has 0 radical (unpaired) electrons. The molecule has 0 aliphatic carbocycles. The van der Waals surface area contributed by atoms with Gasteiger partial charge in [0.1, 0.15) is 11.7 Å². The van der Waals surface area contributed by atoms with Crippen molar-refractivity contribution in [1.82, 2.24) is 0 Å². The Kier molecular flexibility index (Phi) is 9.91. The second-order valence-electron chi connectivity index (χ2n) is 9.77. The molecule has 0 bridgehead atoms. The summed E-state index contributed by atoms with van der Waals surface area (Å²) >= 11 is 9.35. The summed E-state index contributed by atoms with van der Waals surface area (Å²) in [5, 5.41) is 10.7. The molecule has 0 spiro atoms. The Morgan fingerprint density at radius 2 is 1.76 bits per heavy atom. The number of likely N-dealkylation sites (N-methyl/N-ethyl adjacent to an activating group) is 1. The first-order chi connectivity index (χ1) is 19.1. The van der Waals surface area contributed by atoms with Crippen molar-refractivity contribution in [3.8, 4) is 0 Å². The molecule has 2 aliphatic heterocycles. The molecule has 2 aromatic rings. The average Bonchev–Trinajstić information content (AvgIpc) is 3.38. The van der Waals surface area contributed by atoms with E-state index in [4.69, 9.17) is 11.6 Å². The maximum atomic E-state index is 11.6. The molecule has 2 heterocycles. The van der Waals surface area contributed by atoms with Gasteiger partial charge in [0.15, 0.2) is 5.37 Å². The summed E-state index contributed by atoms with van der Waals surface area (Å²) < 4.78 is 64.1. The highest BCUT2D eigenvalue weighted by atomic mass is 35.5. The van der Waals surface area contributed by atoms with Crippen molar-refractivity contribution in [3.63, 3.8) is 0 Å². The number of carboxylic acid groups (broad SMARTS) is 1. The Morgan fingerprint density at radius 1 is 1.10 bits per heavy atom. The fourth-order valence-electron chi connectivity index (χ4n) is 4.66. The third kappa shape index (κ3) is 8.10. The number of hydrogen-bond acceptors (Lipinski definition) is 9. The summed E-state index contributed by atoms with van der Waals surface area (Å²) in [7, 11) is -6.59. The van der Waals surface area contributed by atoms with Crippen LogP contribution in [0, 0.1) is 0 Å². The molecular weight excluding hydrogens is 634 g/mol. The standard InChI is InChI=1S/C25H30ClN3O8S4/c1-16(25(30)31)27(2)18-6-8-22-20(14-18)29(10-4-12-41(35,36)37)24(39-22)15-23-28(9-3-11-40(32,33)34)19-13-17(26)5-7-21(19)38-23/h5-8,13-16,23H,3-4,9-12H2,1-2H3,(H,30,31)(H,32,33,34)(H,35,36,37)/p+1. The number of thioether (sulfide) groups is 2. The SMILES string of the molecule is CC(C(=O)O)N(C)c1ccc2c(c1)N(CCCS(=O)(=O)O)C(=CC1Sc3ccc(Cl)cc3[NH+]1CCCS(=O)(=O)O)S2. The first kappa shape index (κ1) is 31.9. The number of benzene rings is 2. The number of fused-ring (bicyclic) bond motifs is 2. The zero-order valence-corrected chi connectivity index (χ0v) is 26.2. The van der Waals surface area contributed by atoms with E-state index in [1.54, 1.807) is 36.7 Å². The zero-order valence-electron chi connectivity index (χ0n) is 22.2. The fourth-order valence-corrected chi connectivity index (χ4v) is 8.38. The summed E-state index contributed by atoms with van der Waals surface area (Å²) in [5.74, 6) is -1.75. The van der Waals surface area contributed by atoms with Crippen LogP contribution in [0.5, 0.6) is 0 Å². The Labute approximate surface area is 253 Å². The molecule has 3 unspecified atom stereocenters. The second-order valence-corrected chi connectivity index (χ2v) is 15.6. The third-order valence-corrected chi connectivity index (χ3v) is 11.1. The molecule has 0 saturated carbocycles. The summed E-state index contributed by atoms with van der Waals surface area (Å²) in [6, 6.07) is 10.4. The number of hydrogen-bond donors (Lipinski definition) is 4. The molecule has 11 nitrogen and oxygen atoms in total. The predicted molar refractivity (Wildman–Crippen MR) is 162 cm³/mol. The molecule has 0 aromatic heterocycles. The van der Waals surface area contributed by atoms with Crippen molar-refractivity contribution in [2.45, 2.75) is 41.0 Å². The van der Waals surface area contributed by atoms with Crippen molar-refractivity contribution in [3.05, 3.63) is 52.5 Å². The lowest BCUT2D eigenvalue weighted by Crippen LogP contribution is -3.09. The maximum absolute atomic E-state index is 11.6. The van der Waals surface area contributed by atoms with Crippen LogP contribution >= 0.6 is 35.1 Å². The summed E-state index contributed by atoms with van der Waals surface area (Å²) in [5.41, 5.74) is 2.38. The van der Waals surface area contributed by atoms with Gasteiger partial charge < -0.3 is 14.9 Å². The fraction of sp³-hybridized carbons (Fsp3) is 0.400. The van der Waals surface area contributed by atoms with Crippen LogP contribution < -0.4 is 14.7 Å². The van der Waals surface area contributed by atoms with E-state index >= 15 is 0 Å². The van der Waals surface area contributed by atoms with Gasteiger partial charge in [0, 0.05) is 47.8 Å². The van der Waals surface area contributed by atoms with Gasteiger partial charge in [0.25, 0.3) is 20.2 Å². The van der Waals surface area contributed by atoms with Crippen molar-refractivity contribution in [2.24, 2.45) is 0 Å². The molecule has 224 valence electrons. The summed E-state index contributed by atoms with van der Waals surface area (Å²) in [6.07, 6.45) is 2.42. The number of nitrogens with one attached hydrogen (secondary N) is 1. The highest BCUT2D eigenvalue weighted by Gasteiger charge is 2.37. The Morgan fingerprint density at radius 3 is 2.41 bits per heavy atom. The average molecular weight is 665 g/mol. The summed E-state index contributed by atoms with van der Waals surface area (Å²) in [4.78, 5) is 18.0. The number of carbonyl (C=O) groups is 1. The molecule has 0 saturated heterocycles. The van der Waals surface area contributed by atoms with Gasteiger partial charge in [0.2, 0.25) is 0 Å². The predicted octanol–water partition coefficient (Wildman–Crippen LogP) is 3.21. The Balaban J connectivity index is 1.68. The van der Waals surface area contributed by atoms with Crippen LogP contribution in [0.4, 0.5) is 17.1 Å². The molecule has 0 fully saturated rings. The van der Waals surface area contributed by atoms with Crippen molar-refractivity contribution < 1.29 is 40.7 Å². The van der Waals surface area contributed by atoms with E-state index in [-0.39, 0.29) is 30.5 Å². The number of rotatable bonds is 12. The third-order valence-electron chi connectivity index (χ3n) is 6.87. The van der Waals surface area contributed by atoms with E-state index in [1.165, 1.54) is 11.8 Å². The quantitative estimate of drug-likeness (QED) is 0.246. The summed E-state index contributed by atoms with van der Waals surface area (Å²) in [6.45, 7) is 2.28. The normalized spacial score (nSPS) is 20.2. The van der Waals surface area contributed by atoms with E-state index in [2.05, 4.69) is 0 Å². The van der Waals surface area contributed by atoms with Crippen molar-refractivity contribution in [2.75, 3.05) is 41.4 Å². The van der Waals surface area contributed by atoms with Gasteiger partial charge in [-0.3, -0.25) is 14.0 Å². The number of anilines is 2.